The number of Topliss-reactive ketones (excluding diaryl/α,β-unsaturated/α-hetero) is 1. The number of allylic oxidation sites excluding steroid dienone is 1. The summed E-state index contributed by atoms with van der Waals surface area (Å²) in [6.45, 7) is 0. The Balaban J connectivity index is 1.82. The Kier molecular flexibility index (Phi) is 3.51. The second-order valence-corrected chi connectivity index (χ2v) is 7.14. The maximum absolute atomic E-state index is 13.2. The van der Waals surface area contributed by atoms with Gasteiger partial charge in [-0.1, -0.05) is 42.1 Å². The van der Waals surface area contributed by atoms with Crippen molar-refractivity contribution in [2.75, 3.05) is 11.6 Å². The van der Waals surface area contributed by atoms with E-state index in [9.17, 15) is 9.59 Å². The lowest BCUT2D eigenvalue weighted by Crippen LogP contribution is -2.28. The Bertz CT molecular complexity index is 1180. The molecule has 7 heteroatoms. The van der Waals surface area contributed by atoms with Gasteiger partial charge in [-0.2, -0.15) is 0 Å². The maximum Gasteiger partial charge on any atom is 0.257 e. The van der Waals surface area contributed by atoms with Crippen LogP contribution in [0.1, 0.15) is 33.0 Å². The minimum absolute atomic E-state index is 0.0686. The number of pyridine rings is 1. The van der Waals surface area contributed by atoms with Crippen LogP contribution in [0.2, 0.25) is 0 Å². The lowest BCUT2D eigenvalue weighted by molar-refractivity contribution is 0.103. The Morgan fingerprint density at radius 1 is 1.07 bits per heavy atom. The summed E-state index contributed by atoms with van der Waals surface area (Å²) in [5, 5.41) is 3.78. The van der Waals surface area contributed by atoms with Crippen molar-refractivity contribution in [3.63, 3.8) is 0 Å². The van der Waals surface area contributed by atoms with Gasteiger partial charge in [-0.25, -0.2) is 4.98 Å². The van der Waals surface area contributed by atoms with Crippen molar-refractivity contribution in [2.24, 2.45) is 0 Å². The fourth-order valence-electron chi connectivity index (χ4n) is 3.78. The number of thioether (sulfide) groups is 1. The normalized spacial score (nSPS) is 17.2. The van der Waals surface area contributed by atoms with Crippen molar-refractivity contribution in [3.05, 3.63) is 87.0 Å². The number of nitrogens with one attached hydrogen (secondary N) is 2. The van der Waals surface area contributed by atoms with Crippen LogP contribution in [0.25, 0.3) is 5.70 Å². The third-order valence-electron chi connectivity index (χ3n) is 4.92. The molecular weight excluding hydrogens is 360 g/mol. The van der Waals surface area contributed by atoms with Crippen LogP contribution in [0.5, 0.6) is 0 Å². The van der Waals surface area contributed by atoms with Gasteiger partial charge >= 0.3 is 0 Å². The van der Waals surface area contributed by atoms with Crippen LogP contribution in [-0.4, -0.2) is 27.0 Å². The van der Waals surface area contributed by atoms with Gasteiger partial charge < -0.3 is 10.3 Å². The standard InChI is InChI=1S/C20H14N4O2S/c1-27-20-23-18-15(19(26)24-20)13(10-5-4-8-21-9-10)14-16(22-18)11-6-2-3-7-12(11)17(14)25/h2-9,13H,1H3,(H2,22,23,24,26)/t13-/m0/s1. The van der Waals surface area contributed by atoms with Crippen LogP contribution in [-0.2, 0) is 0 Å². The summed E-state index contributed by atoms with van der Waals surface area (Å²) in [5.74, 6) is -0.0989. The molecule has 1 aromatic carbocycles. The average Bonchev–Trinajstić information content (AvgIpc) is 2.99. The molecule has 2 aliphatic rings. The Labute approximate surface area is 158 Å². The zero-order valence-electron chi connectivity index (χ0n) is 14.3. The van der Waals surface area contributed by atoms with Gasteiger partial charge in [-0.05, 0) is 17.9 Å². The molecule has 2 N–H and O–H groups in total. The van der Waals surface area contributed by atoms with Gasteiger partial charge in [0.15, 0.2) is 10.9 Å². The summed E-state index contributed by atoms with van der Waals surface area (Å²) in [7, 11) is 0. The van der Waals surface area contributed by atoms with Crippen molar-refractivity contribution in [1.82, 2.24) is 15.0 Å². The van der Waals surface area contributed by atoms with Gasteiger partial charge in [0.25, 0.3) is 5.56 Å². The number of H-pyrrole nitrogens is 1. The highest BCUT2D eigenvalue weighted by Crippen LogP contribution is 2.47. The first-order chi connectivity index (χ1) is 13.2. The quantitative estimate of drug-likeness (QED) is 0.529. The van der Waals surface area contributed by atoms with Gasteiger partial charge in [0.05, 0.1) is 17.2 Å². The first-order valence-electron chi connectivity index (χ1n) is 8.42. The van der Waals surface area contributed by atoms with Crippen LogP contribution < -0.4 is 10.9 Å². The summed E-state index contributed by atoms with van der Waals surface area (Å²) in [6.07, 6.45) is 5.22. The molecular formula is C20H14N4O2S. The van der Waals surface area contributed by atoms with E-state index >= 15 is 0 Å². The fraction of sp³-hybridized carbons (Fsp3) is 0.100. The third kappa shape index (κ3) is 2.28. The highest BCUT2D eigenvalue weighted by molar-refractivity contribution is 7.98. The number of carbonyl (C=O) groups excluding carboxylic acids is 1. The van der Waals surface area contributed by atoms with E-state index in [1.54, 1.807) is 12.4 Å². The van der Waals surface area contributed by atoms with Gasteiger partial charge in [0, 0.05) is 29.1 Å². The summed E-state index contributed by atoms with van der Waals surface area (Å²) in [6, 6.07) is 11.2. The fourth-order valence-corrected chi connectivity index (χ4v) is 4.15. The summed E-state index contributed by atoms with van der Waals surface area (Å²) in [5.41, 5.74) is 3.76. The predicted molar refractivity (Wildman–Crippen MR) is 104 cm³/mol. The molecule has 0 bridgehead atoms. The number of benzene rings is 1. The van der Waals surface area contributed by atoms with Crippen LogP contribution in [0.15, 0.2) is 64.3 Å². The van der Waals surface area contributed by atoms with Gasteiger partial charge in [-0.15, -0.1) is 0 Å². The Hall–Kier alpha value is -3.19. The van der Waals surface area contributed by atoms with Gasteiger partial charge in [0.2, 0.25) is 0 Å². The third-order valence-corrected chi connectivity index (χ3v) is 5.50. The zero-order chi connectivity index (χ0) is 18.5. The molecule has 0 unspecified atom stereocenters. The van der Waals surface area contributed by atoms with Crippen LogP contribution in [0, 0.1) is 0 Å². The number of anilines is 1. The van der Waals surface area contributed by atoms with Crippen LogP contribution >= 0.6 is 11.8 Å². The molecule has 0 saturated carbocycles. The molecule has 2 aromatic heterocycles. The van der Waals surface area contributed by atoms with Crippen LogP contribution in [0.4, 0.5) is 5.82 Å². The van der Waals surface area contributed by atoms with E-state index in [1.807, 2.05) is 42.7 Å². The average molecular weight is 374 g/mol. The molecule has 1 atom stereocenters. The molecule has 0 spiro atoms. The minimum atomic E-state index is -0.517. The van der Waals surface area contributed by atoms with E-state index in [1.165, 1.54) is 11.8 Å². The first-order valence-corrected chi connectivity index (χ1v) is 9.65. The van der Waals surface area contributed by atoms with Gasteiger partial charge in [-0.3, -0.25) is 14.6 Å². The Morgan fingerprint density at radius 2 is 1.89 bits per heavy atom. The summed E-state index contributed by atoms with van der Waals surface area (Å²) in [4.78, 5) is 37.6. The summed E-state index contributed by atoms with van der Waals surface area (Å²) < 4.78 is 0. The number of hydrogen-bond acceptors (Lipinski definition) is 6. The van der Waals surface area contributed by atoms with Gasteiger partial charge in [0.1, 0.15) is 5.82 Å². The van der Waals surface area contributed by atoms with E-state index in [0.29, 0.717) is 27.7 Å². The number of ketones is 1. The second kappa shape index (κ2) is 5.92. The molecule has 1 aliphatic carbocycles. The highest BCUT2D eigenvalue weighted by Gasteiger charge is 2.42. The number of hydrogen-bond donors (Lipinski definition) is 2. The van der Waals surface area contributed by atoms with Crippen molar-refractivity contribution in [3.8, 4) is 0 Å². The molecule has 27 heavy (non-hydrogen) atoms. The molecule has 3 heterocycles. The first kappa shape index (κ1) is 16.0. The summed E-state index contributed by atoms with van der Waals surface area (Å²) >= 11 is 1.36. The number of aromatic amines is 1. The van der Waals surface area contributed by atoms with Crippen LogP contribution in [0.3, 0.4) is 0 Å². The van der Waals surface area contributed by atoms with Crippen molar-refractivity contribution in [2.45, 2.75) is 11.1 Å². The topological polar surface area (TPSA) is 87.7 Å². The SMILES string of the molecule is CSc1nc2c(c(=O)[nH]1)[C@@H](c1cccnc1)C1=C(N2)c2ccccc2C1=O. The van der Waals surface area contributed by atoms with E-state index in [2.05, 4.69) is 20.3 Å². The van der Waals surface area contributed by atoms with Crippen molar-refractivity contribution < 1.29 is 4.79 Å². The number of aromatic nitrogens is 3. The van der Waals surface area contributed by atoms with E-state index in [-0.39, 0.29) is 11.3 Å². The molecule has 132 valence electrons. The largest absolute Gasteiger partial charge is 0.339 e. The molecule has 6 nitrogen and oxygen atoms in total. The number of fused-ring (bicyclic) bond motifs is 3. The minimum Gasteiger partial charge on any atom is -0.339 e. The van der Waals surface area contributed by atoms with E-state index in [0.717, 1.165) is 16.8 Å². The smallest absolute Gasteiger partial charge is 0.257 e. The van der Waals surface area contributed by atoms with Crippen molar-refractivity contribution in [1.29, 1.82) is 0 Å². The molecule has 5 rings (SSSR count). The highest BCUT2D eigenvalue weighted by atomic mass is 32.2. The lowest BCUT2D eigenvalue weighted by Gasteiger charge is -2.27. The predicted octanol–water partition coefficient (Wildman–Crippen LogP) is 3.05. The number of carbonyl (C=O) groups is 1. The number of rotatable bonds is 2. The number of nitrogens with zero attached hydrogens (tertiary/aromatic N) is 2. The molecule has 0 fully saturated rings. The zero-order valence-corrected chi connectivity index (χ0v) is 15.1. The monoisotopic (exact) mass is 374 g/mol. The lowest BCUT2D eigenvalue weighted by atomic mass is 9.82. The van der Waals surface area contributed by atoms with E-state index < -0.39 is 5.92 Å². The van der Waals surface area contributed by atoms with Crippen molar-refractivity contribution >= 4 is 29.1 Å². The second-order valence-electron chi connectivity index (χ2n) is 6.35. The molecule has 1 aliphatic heterocycles. The maximum atomic E-state index is 13.2. The Morgan fingerprint density at radius 3 is 2.63 bits per heavy atom. The molecule has 3 aromatic rings. The molecule has 0 amide bonds. The molecule has 0 saturated heterocycles. The molecule has 0 radical (unpaired) electrons. The van der Waals surface area contributed by atoms with E-state index in [4.69, 9.17) is 0 Å².